The summed E-state index contributed by atoms with van der Waals surface area (Å²) < 4.78 is 0. The van der Waals surface area contributed by atoms with Crippen LogP contribution in [0.4, 0.5) is 5.82 Å². The number of hydrogen-bond acceptors (Lipinski definition) is 6. The highest BCUT2D eigenvalue weighted by Gasteiger charge is 2.08. The molecule has 0 saturated heterocycles. The van der Waals surface area contributed by atoms with E-state index in [1.165, 1.54) is 0 Å². The molecule has 7 nitrogen and oxygen atoms in total. The zero-order chi connectivity index (χ0) is 14.1. The van der Waals surface area contributed by atoms with Crippen molar-refractivity contribution >= 4 is 11.7 Å². The number of likely N-dealkylation sites (N-methyl/N-ethyl adjacent to an activating group) is 1. The number of anilines is 1. The zero-order valence-corrected chi connectivity index (χ0v) is 11.5. The Labute approximate surface area is 113 Å². The van der Waals surface area contributed by atoms with Crippen molar-refractivity contribution < 1.29 is 4.79 Å². The first-order valence-electron chi connectivity index (χ1n) is 6.52. The first-order valence-corrected chi connectivity index (χ1v) is 6.52. The van der Waals surface area contributed by atoms with Crippen LogP contribution < -0.4 is 16.6 Å². The van der Waals surface area contributed by atoms with Gasteiger partial charge in [0.1, 0.15) is 0 Å². The molecule has 0 aliphatic heterocycles. The van der Waals surface area contributed by atoms with Crippen LogP contribution >= 0.6 is 0 Å². The number of nitrogens with zero attached hydrogens (tertiary/aromatic N) is 3. The molecule has 1 aromatic heterocycles. The molecule has 0 aromatic carbocycles. The number of amides is 1. The lowest BCUT2D eigenvalue weighted by atomic mass is 10.3. The highest BCUT2D eigenvalue weighted by molar-refractivity contribution is 5.92. The molecule has 7 heteroatoms. The van der Waals surface area contributed by atoms with Gasteiger partial charge in [0.2, 0.25) is 0 Å². The lowest BCUT2D eigenvalue weighted by molar-refractivity contribution is 0.0942. The first kappa shape index (κ1) is 15.3. The summed E-state index contributed by atoms with van der Waals surface area (Å²) in [6, 6.07) is 3.19. The van der Waals surface area contributed by atoms with Gasteiger partial charge in [-0.25, -0.2) is 5.84 Å². The molecule has 19 heavy (non-hydrogen) atoms. The average Bonchev–Trinajstić information content (AvgIpc) is 2.46. The van der Waals surface area contributed by atoms with Gasteiger partial charge in [0.05, 0.1) is 0 Å². The van der Waals surface area contributed by atoms with Gasteiger partial charge < -0.3 is 15.6 Å². The molecule has 0 spiro atoms. The number of aromatic nitrogens is 2. The normalized spacial score (nSPS) is 10.5. The van der Waals surface area contributed by atoms with Crippen molar-refractivity contribution in [2.45, 2.75) is 20.3 Å². The van der Waals surface area contributed by atoms with E-state index in [4.69, 9.17) is 5.84 Å². The van der Waals surface area contributed by atoms with E-state index in [1.54, 1.807) is 12.1 Å². The minimum Gasteiger partial charge on any atom is -0.349 e. The lowest BCUT2D eigenvalue weighted by Gasteiger charge is -2.19. The largest absolute Gasteiger partial charge is 0.349 e. The summed E-state index contributed by atoms with van der Waals surface area (Å²) in [6.07, 6.45) is 1.11. The Balaban J connectivity index is 2.37. The number of hydrogen-bond donors (Lipinski definition) is 3. The summed E-state index contributed by atoms with van der Waals surface area (Å²) in [6.45, 7) is 7.73. The van der Waals surface area contributed by atoms with Crippen molar-refractivity contribution in [1.82, 2.24) is 20.4 Å². The topological polar surface area (TPSA) is 96.2 Å². The fraction of sp³-hybridized carbons (Fsp3) is 0.583. The third kappa shape index (κ3) is 5.19. The Kier molecular flexibility index (Phi) is 6.76. The molecule has 1 aromatic rings. The maximum absolute atomic E-state index is 11.8. The molecular formula is C12H22N6O. The van der Waals surface area contributed by atoms with Gasteiger partial charge in [0.25, 0.3) is 5.91 Å². The number of nitrogens with two attached hydrogens (primary N) is 1. The van der Waals surface area contributed by atoms with Crippen molar-refractivity contribution in [3.8, 4) is 0 Å². The quantitative estimate of drug-likeness (QED) is 0.460. The predicted molar refractivity (Wildman–Crippen MR) is 74.6 cm³/mol. The van der Waals surface area contributed by atoms with Crippen LogP contribution in [-0.4, -0.2) is 47.2 Å². The van der Waals surface area contributed by atoms with Gasteiger partial charge >= 0.3 is 0 Å². The molecule has 0 unspecified atom stereocenters. The van der Waals surface area contributed by atoms with Crippen molar-refractivity contribution in [3.05, 3.63) is 17.8 Å². The third-order valence-electron chi connectivity index (χ3n) is 2.75. The molecule has 1 rings (SSSR count). The molecule has 4 N–H and O–H groups in total. The first-order chi connectivity index (χ1) is 9.21. The molecule has 0 radical (unpaired) electrons. The molecule has 0 bridgehead atoms. The van der Waals surface area contributed by atoms with Crippen molar-refractivity contribution in [3.63, 3.8) is 0 Å². The second-order valence-electron chi connectivity index (χ2n) is 4.14. The molecule has 1 amide bonds. The molecule has 0 aliphatic carbocycles. The third-order valence-corrected chi connectivity index (χ3v) is 2.75. The SMILES string of the molecule is CCCN(CC)CCNC(=O)c1ccc(NN)nn1. The van der Waals surface area contributed by atoms with Crippen molar-refractivity contribution in [2.75, 3.05) is 31.6 Å². The minimum absolute atomic E-state index is 0.219. The highest BCUT2D eigenvalue weighted by Crippen LogP contribution is 1.99. The second-order valence-corrected chi connectivity index (χ2v) is 4.14. The number of carbonyl (C=O) groups excluding carboxylic acids is 1. The standard InChI is InChI=1S/C12H22N6O/c1-3-8-18(4-2)9-7-14-12(19)10-5-6-11(15-13)17-16-10/h5-6H,3-4,7-9,13H2,1-2H3,(H,14,19)(H,15,17). The van der Waals surface area contributed by atoms with E-state index >= 15 is 0 Å². The molecule has 0 atom stereocenters. The van der Waals surface area contributed by atoms with Crippen molar-refractivity contribution in [2.24, 2.45) is 5.84 Å². The Morgan fingerprint density at radius 2 is 2.11 bits per heavy atom. The minimum atomic E-state index is -0.219. The Morgan fingerprint density at radius 1 is 1.32 bits per heavy atom. The van der Waals surface area contributed by atoms with Gasteiger partial charge in [-0.1, -0.05) is 13.8 Å². The number of hydrazine groups is 1. The average molecular weight is 266 g/mol. The molecule has 1 heterocycles. The van der Waals surface area contributed by atoms with Crippen molar-refractivity contribution in [1.29, 1.82) is 0 Å². The van der Waals surface area contributed by atoms with Crippen LogP contribution in [0.15, 0.2) is 12.1 Å². The van der Waals surface area contributed by atoms with E-state index in [9.17, 15) is 4.79 Å². The van der Waals surface area contributed by atoms with Gasteiger partial charge in [-0.05, 0) is 31.6 Å². The van der Waals surface area contributed by atoms with Gasteiger partial charge in [-0.3, -0.25) is 4.79 Å². The summed E-state index contributed by atoms with van der Waals surface area (Å²) in [7, 11) is 0. The van der Waals surface area contributed by atoms with Crippen LogP contribution in [0.3, 0.4) is 0 Å². The van der Waals surface area contributed by atoms with E-state index in [-0.39, 0.29) is 11.6 Å². The Morgan fingerprint density at radius 3 is 2.63 bits per heavy atom. The number of nitrogens with one attached hydrogen (secondary N) is 2. The smallest absolute Gasteiger partial charge is 0.271 e. The number of rotatable bonds is 8. The van der Waals surface area contributed by atoms with Crippen LogP contribution in [0.1, 0.15) is 30.8 Å². The van der Waals surface area contributed by atoms with Crippen LogP contribution in [-0.2, 0) is 0 Å². The van der Waals surface area contributed by atoms with E-state index in [0.29, 0.717) is 12.4 Å². The Bertz CT molecular complexity index is 380. The fourth-order valence-corrected chi connectivity index (χ4v) is 1.69. The van der Waals surface area contributed by atoms with Crippen LogP contribution in [0, 0.1) is 0 Å². The molecule has 0 saturated carbocycles. The maximum Gasteiger partial charge on any atom is 0.271 e. The predicted octanol–water partition coefficient (Wildman–Crippen LogP) is 0.224. The number of nitrogen functional groups attached to an aromatic ring is 1. The molecular weight excluding hydrogens is 244 g/mol. The van der Waals surface area contributed by atoms with E-state index in [1.807, 2.05) is 0 Å². The second kappa shape index (κ2) is 8.39. The fourth-order valence-electron chi connectivity index (χ4n) is 1.69. The van der Waals surface area contributed by atoms with Gasteiger partial charge in [-0.2, -0.15) is 0 Å². The zero-order valence-electron chi connectivity index (χ0n) is 11.5. The lowest BCUT2D eigenvalue weighted by Crippen LogP contribution is -2.35. The summed E-state index contributed by atoms with van der Waals surface area (Å²) in [5.74, 6) is 5.38. The van der Waals surface area contributed by atoms with Crippen LogP contribution in [0.5, 0.6) is 0 Å². The molecule has 0 aliphatic rings. The summed E-state index contributed by atoms with van der Waals surface area (Å²) in [5, 5.41) is 10.4. The monoisotopic (exact) mass is 266 g/mol. The molecule has 106 valence electrons. The van der Waals surface area contributed by atoms with E-state index < -0.39 is 0 Å². The summed E-state index contributed by atoms with van der Waals surface area (Å²) >= 11 is 0. The Hall–Kier alpha value is -1.73. The van der Waals surface area contributed by atoms with E-state index in [2.05, 4.69) is 39.7 Å². The van der Waals surface area contributed by atoms with Gasteiger partial charge in [-0.15, -0.1) is 10.2 Å². The van der Waals surface area contributed by atoms with Gasteiger partial charge in [0, 0.05) is 13.1 Å². The van der Waals surface area contributed by atoms with Crippen LogP contribution in [0.2, 0.25) is 0 Å². The highest BCUT2D eigenvalue weighted by atomic mass is 16.1. The number of carbonyl (C=O) groups is 1. The maximum atomic E-state index is 11.8. The van der Waals surface area contributed by atoms with Crippen LogP contribution in [0.25, 0.3) is 0 Å². The molecule has 0 fully saturated rings. The summed E-state index contributed by atoms with van der Waals surface area (Å²) in [5.41, 5.74) is 2.65. The summed E-state index contributed by atoms with van der Waals surface area (Å²) in [4.78, 5) is 14.1. The van der Waals surface area contributed by atoms with E-state index in [0.717, 1.165) is 26.1 Å². The van der Waals surface area contributed by atoms with Gasteiger partial charge in [0.15, 0.2) is 11.5 Å².